The summed E-state index contributed by atoms with van der Waals surface area (Å²) in [5, 5.41) is 31.5. The van der Waals surface area contributed by atoms with Crippen LogP contribution in [0.25, 0.3) is 10.8 Å². The lowest BCUT2D eigenvalue weighted by molar-refractivity contribution is 0.0298. The Labute approximate surface area is 121 Å². The molecule has 21 heavy (non-hydrogen) atoms. The zero-order chi connectivity index (χ0) is 15.3. The van der Waals surface area contributed by atoms with Crippen LogP contribution in [0.15, 0.2) is 18.2 Å². The van der Waals surface area contributed by atoms with Gasteiger partial charge in [0.25, 0.3) is 0 Å². The summed E-state index contributed by atoms with van der Waals surface area (Å²) in [7, 11) is 1.39. The van der Waals surface area contributed by atoms with Crippen molar-refractivity contribution in [3.05, 3.63) is 34.9 Å². The van der Waals surface area contributed by atoms with Gasteiger partial charge in [0.05, 0.1) is 17.1 Å². The fraction of sp³-hybridized carbons (Fsp3) is 0.312. The molecule has 0 heterocycles. The minimum Gasteiger partial charge on any atom is -0.507 e. The summed E-state index contributed by atoms with van der Waals surface area (Å²) in [5.74, 6) is -0.768. The maximum absolute atomic E-state index is 12.4. The van der Waals surface area contributed by atoms with Gasteiger partial charge in [-0.25, -0.2) is 0 Å². The number of hydrogen-bond acceptors (Lipinski definition) is 5. The lowest BCUT2D eigenvalue weighted by atomic mass is 9.83. The fourth-order valence-corrected chi connectivity index (χ4v) is 2.99. The number of hydrogen-bond donors (Lipinski definition) is 3. The molecule has 2 aromatic carbocycles. The van der Waals surface area contributed by atoms with Crippen LogP contribution in [0.4, 0.5) is 0 Å². The Morgan fingerprint density at radius 3 is 2.62 bits per heavy atom. The molecule has 0 aliphatic heterocycles. The average Bonchev–Trinajstić information content (AvgIpc) is 2.41. The van der Waals surface area contributed by atoms with E-state index in [1.54, 1.807) is 12.1 Å². The number of rotatable bonds is 1. The molecule has 0 saturated heterocycles. The standard InChI is InChI=1S/C16H16O5/c1-7-3-8-5-9-10(17)6-12(21-2)15(19)14(9)16(20)13(8)11(18)4-7/h3-5,10,12,17-18,20H,6H2,1-2H3/t10-,12-/m1/s1. The number of ether oxygens (including phenoxy) is 1. The van der Waals surface area contributed by atoms with Crippen molar-refractivity contribution in [3.63, 3.8) is 0 Å². The molecular formula is C16H16O5. The molecular weight excluding hydrogens is 272 g/mol. The molecule has 1 aliphatic rings. The van der Waals surface area contributed by atoms with Crippen molar-refractivity contribution < 1.29 is 24.9 Å². The van der Waals surface area contributed by atoms with Crippen molar-refractivity contribution >= 4 is 16.6 Å². The quantitative estimate of drug-likeness (QED) is 0.748. The maximum atomic E-state index is 12.4. The van der Waals surface area contributed by atoms with Crippen LogP contribution in [0.3, 0.4) is 0 Å². The molecule has 2 aromatic rings. The lowest BCUT2D eigenvalue weighted by Crippen LogP contribution is -2.31. The molecule has 0 amide bonds. The van der Waals surface area contributed by atoms with Gasteiger partial charge in [0.1, 0.15) is 17.6 Å². The largest absolute Gasteiger partial charge is 0.507 e. The number of aromatic hydroxyl groups is 2. The first kappa shape index (κ1) is 13.9. The van der Waals surface area contributed by atoms with Gasteiger partial charge >= 0.3 is 0 Å². The molecule has 110 valence electrons. The molecule has 0 unspecified atom stereocenters. The van der Waals surface area contributed by atoms with E-state index in [1.165, 1.54) is 13.2 Å². The molecule has 0 aromatic heterocycles. The Morgan fingerprint density at radius 2 is 1.95 bits per heavy atom. The Bertz CT molecular complexity index is 750. The van der Waals surface area contributed by atoms with Gasteiger partial charge < -0.3 is 20.1 Å². The van der Waals surface area contributed by atoms with E-state index in [0.717, 1.165) is 5.56 Å². The van der Waals surface area contributed by atoms with E-state index >= 15 is 0 Å². The summed E-state index contributed by atoms with van der Waals surface area (Å²) in [6.07, 6.45) is -1.52. The molecule has 0 radical (unpaired) electrons. The minimum atomic E-state index is -0.888. The lowest BCUT2D eigenvalue weighted by Gasteiger charge is -2.27. The van der Waals surface area contributed by atoms with Gasteiger partial charge in [-0.3, -0.25) is 4.79 Å². The van der Waals surface area contributed by atoms with Crippen molar-refractivity contribution in [2.24, 2.45) is 0 Å². The van der Waals surface area contributed by atoms with E-state index in [2.05, 4.69) is 0 Å². The third kappa shape index (κ3) is 1.97. The number of phenols is 2. The highest BCUT2D eigenvalue weighted by atomic mass is 16.5. The molecule has 5 heteroatoms. The van der Waals surface area contributed by atoms with Crippen molar-refractivity contribution in [1.29, 1.82) is 0 Å². The number of fused-ring (bicyclic) bond motifs is 2. The van der Waals surface area contributed by atoms with Crippen LogP contribution in [-0.2, 0) is 4.74 Å². The zero-order valence-corrected chi connectivity index (χ0v) is 11.8. The second-order valence-corrected chi connectivity index (χ2v) is 5.41. The number of aliphatic hydroxyl groups is 1. The number of phenolic OH excluding ortho intramolecular Hbond substituents is 2. The van der Waals surface area contributed by atoms with Crippen LogP contribution in [0.1, 0.15) is 34.0 Å². The van der Waals surface area contributed by atoms with Gasteiger partial charge in [-0.1, -0.05) is 6.07 Å². The highest BCUT2D eigenvalue weighted by molar-refractivity contribution is 6.10. The summed E-state index contributed by atoms with van der Waals surface area (Å²) in [4.78, 5) is 12.4. The van der Waals surface area contributed by atoms with Crippen molar-refractivity contribution in [2.45, 2.75) is 25.6 Å². The van der Waals surface area contributed by atoms with Crippen molar-refractivity contribution in [2.75, 3.05) is 7.11 Å². The minimum absolute atomic E-state index is 0.0345. The first-order chi connectivity index (χ1) is 9.93. The normalized spacial score (nSPS) is 21.6. The molecule has 0 saturated carbocycles. The molecule has 3 rings (SSSR count). The van der Waals surface area contributed by atoms with Gasteiger partial charge in [0, 0.05) is 13.5 Å². The number of carbonyl (C=O) groups excluding carboxylic acids is 1. The highest BCUT2D eigenvalue weighted by Gasteiger charge is 2.36. The number of benzene rings is 2. The summed E-state index contributed by atoms with van der Waals surface area (Å²) < 4.78 is 5.06. The van der Waals surface area contributed by atoms with Gasteiger partial charge in [-0.15, -0.1) is 0 Å². The van der Waals surface area contributed by atoms with E-state index in [1.807, 2.05) is 6.92 Å². The predicted molar refractivity (Wildman–Crippen MR) is 76.7 cm³/mol. The topological polar surface area (TPSA) is 87.0 Å². The Hall–Kier alpha value is -2.11. The van der Waals surface area contributed by atoms with E-state index in [9.17, 15) is 20.1 Å². The smallest absolute Gasteiger partial charge is 0.195 e. The maximum Gasteiger partial charge on any atom is 0.195 e. The first-order valence-corrected chi connectivity index (χ1v) is 6.68. The van der Waals surface area contributed by atoms with E-state index < -0.39 is 12.2 Å². The zero-order valence-electron chi connectivity index (χ0n) is 11.8. The molecule has 5 nitrogen and oxygen atoms in total. The molecule has 3 N–H and O–H groups in total. The number of ketones is 1. The summed E-state index contributed by atoms with van der Waals surface area (Å²) >= 11 is 0. The summed E-state index contributed by atoms with van der Waals surface area (Å²) in [6, 6.07) is 4.95. The van der Waals surface area contributed by atoms with Crippen LogP contribution >= 0.6 is 0 Å². The molecule has 2 atom stereocenters. The van der Waals surface area contributed by atoms with Crippen LogP contribution in [0, 0.1) is 6.92 Å². The second-order valence-electron chi connectivity index (χ2n) is 5.41. The van der Waals surface area contributed by atoms with Gasteiger partial charge in [-0.2, -0.15) is 0 Å². The number of Topliss-reactive ketones (excluding diaryl/α,β-unsaturated/α-hetero) is 1. The van der Waals surface area contributed by atoms with Crippen LogP contribution in [0.2, 0.25) is 0 Å². The molecule has 0 fully saturated rings. The molecule has 1 aliphatic carbocycles. The summed E-state index contributed by atoms with van der Waals surface area (Å²) in [5.41, 5.74) is 1.24. The summed E-state index contributed by atoms with van der Waals surface area (Å²) in [6.45, 7) is 1.82. The van der Waals surface area contributed by atoms with E-state index in [4.69, 9.17) is 4.74 Å². The van der Waals surface area contributed by atoms with Crippen LogP contribution < -0.4 is 0 Å². The number of methoxy groups -OCH3 is 1. The monoisotopic (exact) mass is 288 g/mol. The Balaban J connectivity index is 2.37. The van der Waals surface area contributed by atoms with Crippen molar-refractivity contribution in [3.8, 4) is 11.5 Å². The van der Waals surface area contributed by atoms with Crippen molar-refractivity contribution in [1.82, 2.24) is 0 Å². The van der Waals surface area contributed by atoms with Crippen LogP contribution in [0.5, 0.6) is 11.5 Å². The Morgan fingerprint density at radius 1 is 1.24 bits per heavy atom. The molecule has 0 spiro atoms. The predicted octanol–water partition coefficient (Wildman–Crippen LogP) is 2.19. The van der Waals surface area contributed by atoms with Gasteiger partial charge in [0.15, 0.2) is 5.78 Å². The SMILES string of the molecule is CO[C@@H]1C[C@@H](O)c2cc3cc(C)cc(O)c3c(O)c2C1=O. The number of carbonyl (C=O) groups is 1. The van der Waals surface area contributed by atoms with Gasteiger partial charge in [-0.05, 0) is 35.6 Å². The van der Waals surface area contributed by atoms with E-state index in [0.29, 0.717) is 10.9 Å². The Kier molecular flexibility index (Phi) is 3.11. The van der Waals surface area contributed by atoms with Crippen LogP contribution in [-0.4, -0.2) is 34.3 Å². The van der Waals surface area contributed by atoms with Gasteiger partial charge in [0.2, 0.25) is 0 Å². The number of aliphatic hydroxyl groups excluding tert-OH is 1. The second kappa shape index (κ2) is 4.72. The third-order valence-electron chi connectivity index (χ3n) is 3.99. The fourth-order valence-electron chi connectivity index (χ4n) is 2.99. The molecule has 0 bridgehead atoms. The first-order valence-electron chi connectivity index (χ1n) is 6.68. The number of aryl methyl sites for hydroxylation is 1. The third-order valence-corrected chi connectivity index (χ3v) is 3.99. The highest BCUT2D eigenvalue weighted by Crippen LogP contribution is 2.43. The van der Waals surface area contributed by atoms with E-state index in [-0.39, 0.29) is 34.7 Å². The average molecular weight is 288 g/mol.